The van der Waals surface area contributed by atoms with Crippen LogP contribution in [0, 0.1) is 5.92 Å². The number of aromatic amines is 1. The van der Waals surface area contributed by atoms with E-state index in [0.717, 1.165) is 24.7 Å². The van der Waals surface area contributed by atoms with Gasteiger partial charge >= 0.3 is 0 Å². The Bertz CT molecular complexity index is 898. The maximum absolute atomic E-state index is 11.3. The summed E-state index contributed by atoms with van der Waals surface area (Å²) in [5.74, 6) is 0.0803. The van der Waals surface area contributed by atoms with Gasteiger partial charge in [0.25, 0.3) is 10.1 Å². The van der Waals surface area contributed by atoms with Crippen molar-refractivity contribution in [2.24, 2.45) is 5.92 Å². The summed E-state index contributed by atoms with van der Waals surface area (Å²) in [6, 6.07) is 6.67. The summed E-state index contributed by atoms with van der Waals surface area (Å²) in [6.07, 6.45) is 6.40. The molecule has 0 amide bonds. The average molecular weight is 332 g/mol. The summed E-state index contributed by atoms with van der Waals surface area (Å²) in [5.41, 5.74) is 5.06. The van der Waals surface area contributed by atoms with E-state index in [4.69, 9.17) is 4.18 Å². The van der Waals surface area contributed by atoms with E-state index in [-0.39, 0.29) is 12.5 Å². The molecule has 0 spiro atoms. The second-order valence-corrected chi connectivity index (χ2v) is 8.22. The normalized spacial score (nSPS) is 24.5. The lowest BCUT2D eigenvalue weighted by molar-refractivity contribution is 0.197. The van der Waals surface area contributed by atoms with Crippen molar-refractivity contribution in [3.05, 3.63) is 41.6 Å². The molecule has 2 heterocycles. The van der Waals surface area contributed by atoms with Crippen molar-refractivity contribution in [1.29, 1.82) is 0 Å². The van der Waals surface area contributed by atoms with Crippen LogP contribution in [0.1, 0.15) is 11.1 Å². The molecule has 0 unspecified atom stereocenters. The van der Waals surface area contributed by atoms with Gasteiger partial charge in [0.15, 0.2) is 0 Å². The van der Waals surface area contributed by atoms with Crippen LogP contribution in [0.15, 0.2) is 30.5 Å². The number of aromatic nitrogens is 1. The summed E-state index contributed by atoms with van der Waals surface area (Å²) < 4.78 is 27.5. The van der Waals surface area contributed by atoms with E-state index >= 15 is 0 Å². The molecule has 1 aliphatic heterocycles. The third-order valence-corrected chi connectivity index (χ3v) is 5.40. The maximum Gasteiger partial charge on any atom is 0.264 e. The van der Waals surface area contributed by atoms with Crippen LogP contribution in [0.4, 0.5) is 0 Å². The highest BCUT2D eigenvalue weighted by Crippen LogP contribution is 2.40. The summed E-state index contributed by atoms with van der Waals surface area (Å²) in [4.78, 5) is 5.66. The lowest BCUT2D eigenvalue weighted by atomic mass is 9.80. The first kappa shape index (κ1) is 14.9. The number of H-pyrrole nitrogens is 1. The molecule has 1 aliphatic carbocycles. The van der Waals surface area contributed by atoms with E-state index < -0.39 is 10.1 Å². The third kappa shape index (κ3) is 2.60. The topological polar surface area (TPSA) is 62.4 Å². The molecular weight excluding hydrogens is 312 g/mol. The molecule has 0 radical (unpaired) electrons. The molecule has 23 heavy (non-hydrogen) atoms. The van der Waals surface area contributed by atoms with Gasteiger partial charge in [-0.15, -0.1) is 0 Å². The molecule has 0 saturated heterocycles. The van der Waals surface area contributed by atoms with Gasteiger partial charge in [-0.3, -0.25) is 9.08 Å². The Balaban J connectivity index is 1.75. The lowest BCUT2D eigenvalue weighted by Crippen LogP contribution is -2.43. The van der Waals surface area contributed by atoms with Crippen LogP contribution in [0.5, 0.6) is 0 Å². The van der Waals surface area contributed by atoms with E-state index in [1.54, 1.807) is 0 Å². The third-order valence-electron chi connectivity index (χ3n) is 4.84. The van der Waals surface area contributed by atoms with Gasteiger partial charge in [-0.1, -0.05) is 18.2 Å². The molecule has 0 fully saturated rings. The molecule has 1 aromatic carbocycles. The minimum Gasteiger partial charge on any atom is -0.361 e. The first-order valence-electron chi connectivity index (χ1n) is 7.78. The van der Waals surface area contributed by atoms with Crippen LogP contribution in [-0.2, 0) is 20.7 Å². The number of rotatable bonds is 3. The van der Waals surface area contributed by atoms with Gasteiger partial charge in [0.1, 0.15) is 0 Å². The van der Waals surface area contributed by atoms with Gasteiger partial charge in [0, 0.05) is 35.6 Å². The monoisotopic (exact) mass is 332 g/mol. The van der Waals surface area contributed by atoms with Crippen molar-refractivity contribution < 1.29 is 12.6 Å². The van der Waals surface area contributed by atoms with E-state index in [9.17, 15) is 8.42 Å². The molecule has 1 N–H and O–H groups in total. The van der Waals surface area contributed by atoms with Gasteiger partial charge in [-0.05, 0) is 36.2 Å². The van der Waals surface area contributed by atoms with E-state index in [0.29, 0.717) is 6.04 Å². The summed E-state index contributed by atoms with van der Waals surface area (Å²) in [7, 11) is -1.30. The summed E-state index contributed by atoms with van der Waals surface area (Å²) >= 11 is 0. The van der Waals surface area contributed by atoms with E-state index in [1.165, 1.54) is 22.1 Å². The van der Waals surface area contributed by atoms with Gasteiger partial charge < -0.3 is 4.98 Å². The highest BCUT2D eigenvalue weighted by molar-refractivity contribution is 7.85. The minimum atomic E-state index is -3.40. The zero-order chi connectivity index (χ0) is 16.2. The van der Waals surface area contributed by atoms with Gasteiger partial charge in [0.05, 0.1) is 12.9 Å². The number of likely N-dealkylation sites (N-methyl/N-ethyl adjacent to an activating group) is 1. The Kier molecular flexibility index (Phi) is 3.37. The molecule has 4 rings (SSSR count). The van der Waals surface area contributed by atoms with Crippen molar-refractivity contribution >= 4 is 26.6 Å². The predicted octanol–water partition coefficient (Wildman–Crippen LogP) is 2.01. The maximum atomic E-state index is 11.3. The van der Waals surface area contributed by atoms with E-state index in [1.807, 2.05) is 0 Å². The fourth-order valence-corrected chi connectivity index (χ4v) is 4.29. The van der Waals surface area contributed by atoms with Crippen LogP contribution < -0.4 is 0 Å². The van der Waals surface area contributed by atoms with Crippen molar-refractivity contribution in [2.75, 3.05) is 26.5 Å². The molecule has 5 nitrogen and oxygen atoms in total. The molecule has 1 aromatic heterocycles. The predicted molar refractivity (Wildman–Crippen MR) is 90.7 cm³/mol. The first-order valence-corrected chi connectivity index (χ1v) is 9.60. The number of hydrogen-bond acceptors (Lipinski definition) is 4. The highest BCUT2D eigenvalue weighted by atomic mass is 32.2. The van der Waals surface area contributed by atoms with Gasteiger partial charge in [-0.2, -0.15) is 8.42 Å². The quantitative estimate of drug-likeness (QED) is 0.874. The number of nitrogens with zero attached hydrogens (tertiary/aromatic N) is 1. The van der Waals surface area contributed by atoms with Crippen LogP contribution in [-0.4, -0.2) is 50.8 Å². The number of fused-ring (bicyclic) bond motifs is 2. The Labute approximate surface area is 136 Å². The van der Waals surface area contributed by atoms with Crippen LogP contribution in [0.3, 0.4) is 0 Å². The Morgan fingerprint density at radius 3 is 3.00 bits per heavy atom. The molecule has 0 saturated carbocycles. The fraction of sp³-hybridized carbons (Fsp3) is 0.412. The molecular formula is C17H20N2O3S. The largest absolute Gasteiger partial charge is 0.361 e. The SMILES string of the molecule is CN1C[C@H](COS(C)(=O)=O)C=C2c3cccc4[nH]cc(c34)C[C@H]21. The molecule has 0 bridgehead atoms. The van der Waals surface area contributed by atoms with Gasteiger partial charge in [0.2, 0.25) is 0 Å². The Morgan fingerprint density at radius 1 is 1.39 bits per heavy atom. The van der Waals surface area contributed by atoms with Crippen LogP contribution in [0.2, 0.25) is 0 Å². The zero-order valence-corrected chi connectivity index (χ0v) is 14.1. The molecule has 6 heteroatoms. The fourth-order valence-electron chi connectivity index (χ4n) is 3.86. The van der Waals surface area contributed by atoms with Crippen molar-refractivity contribution in [3.8, 4) is 0 Å². The first-order chi connectivity index (χ1) is 10.9. The van der Waals surface area contributed by atoms with Crippen molar-refractivity contribution in [2.45, 2.75) is 12.5 Å². The molecule has 2 atom stereocenters. The molecule has 2 aliphatic rings. The molecule has 2 aromatic rings. The zero-order valence-electron chi connectivity index (χ0n) is 13.2. The van der Waals surface area contributed by atoms with Crippen molar-refractivity contribution in [3.63, 3.8) is 0 Å². The Hall–Kier alpha value is -1.63. The molecule has 122 valence electrons. The smallest absolute Gasteiger partial charge is 0.264 e. The number of benzene rings is 1. The van der Waals surface area contributed by atoms with Crippen LogP contribution >= 0.6 is 0 Å². The second-order valence-electron chi connectivity index (χ2n) is 6.57. The Morgan fingerprint density at radius 2 is 2.22 bits per heavy atom. The standard InChI is InChI=1S/C17H20N2O3S/c1-19-9-11(10-22-23(2,20)21)6-14-13-4-3-5-15-17(13)12(8-18-15)7-16(14)19/h3-6,8,11,16,18H,7,9-10H2,1-2H3/t11-,16-/m1/s1. The minimum absolute atomic E-state index is 0.0803. The van der Waals surface area contributed by atoms with Gasteiger partial charge in [-0.25, -0.2) is 0 Å². The lowest BCUT2D eigenvalue weighted by Gasteiger charge is -2.39. The van der Waals surface area contributed by atoms with E-state index in [2.05, 4.69) is 47.4 Å². The van der Waals surface area contributed by atoms with Crippen LogP contribution in [0.25, 0.3) is 16.5 Å². The average Bonchev–Trinajstić information content (AvgIpc) is 2.90. The second kappa shape index (κ2) is 5.19. The number of hydrogen-bond donors (Lipinski definition) is 1. The highest BCUT2D eigenvalue weighted by Gasteiger charge is 2.33. The number of nitrogens with one attached hydrogen (secondary N) is 1. The van der Waals surface area contributed by atoms with Crippen molar-refractivity contribution in [1.82, 2.24) is 9.88 Å². The summed E-state index contributed by atoms with van der Waals surface area (Å²) in [5, 5.41) is 1.30. The summed E-state index contributed by atoms with van der Waals surface area (Å²) in [6.45, 7) is 1.01.